The van der Waals surface area contributed by atoms with Crippen LogP contribution in [0.2, 0.25) is 0 Å². The Hall–Kier alpha value is -1.40. The van der Waals surface area contributed by atoms with Gasteiger partial charge in [-0.25, -0.2) is 8.42 Å². The van der Waals surface area contributed by atoms with E-state index in [-0.39, 0.29) is 12.5 Å². The number of carbonyl (C=O) groups excluding carboxylic acids is 1. The summed E-state index contributed by atoms with van der Waals surface area (Å²) in [6.07, 6.45) is 1.07. The van der Waals surface area contributed by atoms with Gasteiger partial charge in [0.1, 0.15) is 0 Å². The predicted molar refractivity (Wildman–Crippen MR) is 76.8 cm³/mol. The van der Waals surface area contributed by atoms with E-state index < -0.39 is 10.0 Å². The normalized spacial score (nSPS) is 11.7. The summed E-state index contributed by atoms with van der Waals surface area (Å²) in [5, 5.41) is 2.76. The van der Waals surface area contributed by atoms with E-state index >= 15 is 0 Å². The Balaban J connectivity index is 2.84. The first-order chi connectivity index (χ1) is 8.61. The molecular weight excluding hydrogens is 264 g/mol. The number of carbonyl (C=O) groups is 1. The van der Waals surface area contributed by atoms with Crippen molar-refractivity contribution in [3.05, 3.63) is 28.8 Å². The summed E-state index contributed by atoms with van der Waals surface area (Å²) in [6, 6.07) is 3.95. The fraction of sp³-hybridized carbons (Fsp3) is 0.462. The minimum Gasteiger partial charge on any atom is -0.324 e. The van der Waals surface area contributed by atoms with Crippen LogP contribution in [0.3, 0.4) is 0 Å². The minimum absolute atomic E-state index is 0.189. The van der Waals surface area contributed by atoms with Crippen LogP contribution < -0.4 is 5.32 Å². The number of rotatable bonds is 4. The molecule has 1 aromatic rings. The Bertz CT molecular complexity index is 571. The molecule has 0 aromatic heterocycles. The summed E-state index contributed by atoms with van der Waals surface area (Å²) < 4.78 is 23.5. The molecule has 0 aliphatic rings. The molecule has 0 heterocycles. The lowest BCUT2D eigenvalue weighted by Crippen LogP contribution is -2.34. The highest BCUT2D eigenvalue weighted by molar-refractivity contribution is 7.88. The number of likely N-dealkylation sites (N-methyl/N-ethyl adjacent to an activating group) is 1. The molecule has 0 saturated heterocycles. The number of nitrogens with zero attached hydrogens (tertiary/aromatic N) is 1. The monoisotopic (exact) mass is 284 g/mol. The quantitative estimate of drug-likeness (QED) is 0.910. The van der Waals surface area contributed by atoms with E-state index in [0.29, 0.717) is 0 Å². The van der Waals surface area contributed by atoms with Crippen LogP contribution in [0.1, 0.15) is 16.7 Å². The van der Waals surface area contributed by atoms with Gasteiger partial charge in [0, 0.05) is 12.7 Å². The number of amides is 1. The molecule has 0 fully saturated rings. The van der Waals surface area contributed by atoms with Crippen LogP contribution in [0, 0.1) is 20.8 Å². The zero-order valence-corrected chi connectivity index (χ0v) is 12.8. The van der Waals surface area contributed by atoms with Crippen molar-refractivity contribution in [2.75, 3.05) is 25.2 Å². The van der Waals surface area contributed by atoms with Crippen LogP contribution in [-0.2, 0) is 14.8 Å². The van der Waals surface area contributed by atoms with Crippen LogP contribution in [-0.4, -0.2) is 38.5 Å². The van der Waals surface area contributed by atoms with Gasteiger partial charge in [0.05, 0.1) is 12.8 Å². The van der Waals surface area contributed by atoms with Crippen molar-refractivity contribution in [3.63, 3.8) is 0 Å². The van der Waals surface area contributed by atoms with E-state index in [0.717, 1.165) is 32.9 Å². The lowest BCUT2D eigenvalue weighted by molar-refractivity contribution is -0.116. The van der Waals surface area contributed by atoms with E-state index in [1.807, 2.05) is 32.9 Å². The molecule has 6 heteroatoms. The van der Waals surface area contributed by atoms with Gasteiger partial charge in [0.2, 0.25) is 15.9 Å². The number of sulfonamides is 1. The molecule has 1 amide bonds. The van der Waals surface area contributed by atoms with Gasteiger partial charge in [0.25, 0.3) is 0 Å². The summed E-state index contributed by atoms with van der Waals surface area (Å²) in [5.41, 5.74) is 3.81. The highest BCUT2D eigenvalue weighted by Gasteiger charge is 2.16. The van der Waals surface area contributed by atoms with Gasteiger partial charge in [-0.1, -0.05) is 17.7 Å². The largest absolute Gasteiger partial charge is 0.324 e. The number of anilines is 1. The lowest BCUT2D eigenvalue weighted by Gasteiger charge is -2.16. The van der Waals surface area contributed by atoms with Gasteiger partial charge in [-0.15, -0.1) is 0 Å². The summed E-state index contributed by atoms with van der Waals surface area (Å²) in [6.45, 7) is 5.63. The van der Waals surface area contributed by atoms with Crippen LogP contribution in [0.25, 0.3) is 0 Å². The molecule has 5 nitrogen and oxygen atoms in total. The molecule has 0 aliphatic heterocycles. The van der Waals surface area contributed by atoms with Crippen molar-refractivity contribution in [2.45, 2.75) is 20.8 Å². The smallest absolute Gasteiger partial charge is 0.239 e. The Morgan fingerprint density at radius 1 is 1.21 bits per heavy atom. The van der Waals surface area contributed by atoms with Crippen LogP contribution in [0.5, 0.6) is 0 Å². The summed E-state index contributed by atoms with van der Waals surface area (Å²) in [5.74, 6) is -0.344. The van der Waals surface area contributed by atoms with Gasteiger partial charge in [0.15, 0.2) is 0 Å². The zero-order chi connectivity index (χ0) is 14.8. The number of hydrogen-bond acceptors (Lipinski definition) is 3. The van der Waals surface area contributed by atoms with E-state index in [1.54, 1.807) is 0 Å². The first kappa shape index (κ1) is 15.7. The third kappa shape index (κ3) is 4.33. The Morgan fingerprint density at radius 3 is 2.11 bits per heavy atom. The average molecular weight is 284 g/mol. The zero-order valence-electron chi connectivity index (χ0n) is 11.9. The SMILES string of the molecule is Cc1cc(C)c(NC(=O)CN(C)S(C)(=O)=O)c(C)c1. The Kier molecular flexibility index (Phi) is 4.70. The maximum atomic E-state index is 11.8. The van der Waals surface area contributed by atoms with Gasteiger partial charge < -0.3 is 5.32 Å². The number of hydrogen-bond donors (Lipinski definition) is 1. The topological polar surface area (TPSA) is 66.5 Å². The summed E-state index contributed by atoms with van der Waals surface area (Å²) in [7, 11) is -1.97. The third-order valence-electron chi connectivity index (χ3n) is 2.87. The number of nitrogens with one attached hydrogen (secondary N) is 1. The van der Waals surface area contributed by atoms with Crippen LogP contribution >= 0.6 is 0 Å². The van der Waals surface area contributed by atoms with Gasteiger partial charge >= 0.3 is 0 Å². The maximum absolute atomic E-state index is 11.8. The standard InChI is InChI=1S/C13H20N2O3S/c1-9-6-10(2)13(11(3)7-9)14-12(16)8-15(4)19(5,17)18/h6-7H,8H2,1-5H3,(H,14,16). The maximum Gasteiger partial charge on any atom is 0.239 e. The second kappa shape index (κ2) is 5.71. The molecule has 19 heavy (non-hydrogen) atoms. The molecule has 0 atom stereocenters. The fourth-order valence-corrected chi connectivity index (χ4v) is 2.23. The van der Waals surface area contributed by atoms with Crippen molar-refractivity contribution in [1.82, 2.24) is 4.31 Å². The van der Waals surface area contributed by atoms with Gasteiger partial charge in [-0.3, -0.25) is 4.79 Å². The summed E-state index contributed by atoms with van der Waals surface area (Å²) in [4.78, 5) is 11.8. The van der Waals surface area contributed by atoms with Gasteiger partial charge in [-0.2, -0.15) is 4.31 Å². The molecule has 0 unspecified atom stereocenters. The molecule has 0 bridgehead atoms. The van der Waals surface area contributed by atoms with Crippen molar-refractivity contribution < 1.29 is 13.2 Å². The van der Waals surface area contributed by atoms with Crippen molar-refractivity contribution in [1.29, 1.82) is 0 Å². The van der Waals surface area contributed by atoms with Gasteiger partial charge in [-0.05, 0) is 31.9 Å². The Morgan fingerprint density at radius 2 is 1.68 bits per heavy atom. The third-order valence-corrected chi connectivity index (χ3v) is 4.14. The number of benzene rings is 1. The van der Waals surface area contributed by atoms with E-state index in [1.165, 1.54) is 7.05 Å². The van der Waals surface area contributed by atoms with E-state index in [4.69, 9.17) is 0 Å². The highest BCUT2D eigenvalue weighted by atomic mass is 32.2. The van der Waals surface area contributed by atoms with E-state index in [2.05, 4.69) is 5.32 Å². The molecule has 1 N–H and O–H groups in total. The summed E-state index contributed by atoms with van der Waals surface area (Å²) >= 11 is 0. The first-order valence-electron chi connectivity index (χ1n) is 5.90. The van der Waals surface area contributed by atoms with Crippen molar-refractivity contribution in [2.24, 2.45) is 0 Å². The molecule has 0 aliphatic carbocycles. The minimum atomic E-state index is -3.34. The lowest BCUT2D eigenvalue weighted by atomic mass is 10.1. The fourth-order valence-electron chi connectivity index (χ4n) is 1.88. The highest BCUT2D eigenvalue weighted by Crippen LogP contribution is 2.21. The molecule has 0 spiro atoms. The van der Waals surface area contributed by atoms with Crippen LogP contribution in [0.4, 0.5) is 5.69 Å². The van der Waals surface area contributed by atoms with Crippen molar-refractivity contribution in [3.8, 4) is 0 Å². The molecule has 0 saturated carbocycles. The predicted octanol–water partition coefficient (Wildman–Crippen LogP) is 1.44. The molecule has 0 radical (unpaired) electrons. The molecule has 1 aromatic carbocycles. The van der Waals surface area contributed by atoms with E-state index in [9.17, 15) is 13.2 Å². The number of aryl methyl sites for hydroxylation is 3. The second-order valence-electron chi connectivity index (χ2n) is 4.84. The average Bonchev–Trinajstić information content (AvgIpc) is 2.21. The van der Waals surface area contributed by atoms with Crippen LogP contribution in [0.15, 0.2) is 12.1 Å². The molecular formula is C13H20N2O3S. The van der Waals surface area contributed by atoms with Crippen molar-refractivity contribution >= 4 is 21.6 Å². The second-order valence-corrected chi connectivity index (χ2v) is 6.93. The Labute approximate surface area is 114 Å². The molecule has 1 rings (SSSR count). The molecule has 106 valence electrons. The first-order valence-corrected chi connectivity index (χ1v) is 7.75.